The van der Waals surface area contributed by atoms with E-state index < -0.39 is 0 Å². The Kier molecular flexibility index (Phi) is 4.80. The molecule has 0 unspecified atom stereocenters. The second kappa shape index (κ2) is 6.58. The lowest BCUT2D eigenvalue weighted by Gasteiger charge is -2.16. The van der Waals surface area contributed by atoms with Gasteiger partial charge in [0.1, 0.15) is 17.1 Å². The van der Waals surface area contributed by atoms with E-state index in [-0.39, 0.29) is 5.97 Å². The maximum Gasteiger partial charge on any atom is 0.341 e. The van der Waals surface area contributed by atoms with Gasteiger partial charge in [0, 0.05) is 13.6 Å². The number of furan rings is 1. The van der Waals surface area contributed by atoms with Crippen LogP contribution in [-0.4, -0.2) is 34.3 Å². The summed E-state index contributed by atoms with van der Waals surface area (Å²) in [5, 5.41) is 4.15. The molecule has 0 aliphatic rings. The Morgan fingerprint density at radius 1 is 1.43 bits per heavy atom. The molecule has 0 aromatic carbocycles. The largest absolute Gasteiger partial charge is 0.465 e. The summed E-state index contributed by atoms with van der Waals surface area (Å²) in [6.07, 6.45) is 1.55. The number of aryl methyl sites for hydroxylation is 2. The van der Waals surface area contributed by atoms with Crippen molar-refractivity contribution in [1.82, 2.24) is 14.7 Å². The van der Waals surface area contributed by atoms with Gasteiger partial charge in [0.25, 0.3) is 0 Å². The average molecular weight is 291 g/mol. The molecule has 6 nitrogen and oxygen atoms in total. The van der Waals surface area contributed by atoms with Crippen molar-refractivity contribution in [3.05, 3.63) is 41.1 Å². The molecule has 6 heteroatoms. The highest BCUT2D eigenvalue weighted by molar-refractivity contribution is 5.90. The number of rotatable bonds is 6. The van der Waals surface area contributed by atoms with Crippen molar-refractivity contribution >= 4 is 5.97 Å². The molecule has 2 heterocycles. The third kappa shape index (κ3) is 3.72. The van der Waals surface area contributed by atoms with E-state index in [0.29, 0.717) is 25.3 Å². The van der Waals surface area contributed by atoms with E-state index in [1.165, 1.54) is 0 Å². The molecular weight excluding hydrogens is 270 g/mol. The summed E-state index contributed by atoms with van der Waals surface area (Å²) in [7, 11) is 3.79. The smallest absolute Gasteiger partial charge is 0.341 e. The number of esters is 1. The maximum atomic E-state index is 11.9. The molecule has 0 saturated carbocycles. The Balaban J connectivity index is 2.08. The van der Waals surface area contributed by atoms with Crippen LogP contribution in [0.5, 0.6) is 0 Å². The van der Waals surface area contributed by atoms with Crippen molar-refractivity contribution in [1.29, 1.82) is 0 Å². The highest BCUT2D eigenvalue weighted by Crippen LogP contribution is 2.14. The zero-order valence-electron chi connectivity index (χ0n) is 12.9. The molecule has 0 saturated heterocycles. The zero-order chi connectivity index (χ0) is 15.4. The predicted octanol–water partition coefficient (Wildman–Crippen LogP) is 2.13. The number of ether oxygens (including phenoxy) is 1. The minimum absolute atomic E-state index is 0.331. The number of hydrogen-bond acceptors (Lipinski definition) is 5. The van der Waals surface area contributed by atoms with Crippen LogP contribution in [-0.2, 0) is 24.9 Å². The molecule has 0 N–H and O–H groups in total. The fraction of sp³-hybridized carbons (Fsp3) is 0.467. The molecule has 2 aromatic rings. The van der Waals surface area contributed by atoms with E-state index in [9.17, 15) is 4.79 Å². The van der Waals surface area contributed by atoms with Gasteiger partial charge in [-0.05, 0) is 33.0 Å². The second-order valence-corrected chi connectivity index (χ2v) is 5.03. The SMILES string of the molecule is CCOC(=O)c1cnn(C)c1CN(C)Cc1ccc(C)o1. The first kappa shape index (κ1) is 15.3. The van der Waals surface area contributed by atoms with Gasteiger partial charge in [-0.15, -0.1) is 0 Å². The minimum atomic E-state index is -0.331. The topological polar surface area (TPSA) is 60.5 Å². The lowest BCUT2D eigenvalue weighted by Crippen LogP contribution is -2.21. The average Bonchev–Trinajstić information content (AvgIpc) is 2.97. The Hall–Kier alpha value is -2.08. The predicted molar refractivity (Wildman–Crippen MR) is 77.8 cm³/mol. The Morgan fingerprint density at radius 2 is 2.19 bits per heavy atom. The molecule has 0 spiro atoms. The lowest BCUT2D eigenvalue weighted by molar-refractivity contribution is 0.0524. The number of carbonyl (C=O) groups excluding carboxylic acids is 1. The van der Waals surface area contributed by atoms with Gasteiger partial charge in [-0.3, -0.25) is 9.58 Å². The van der Waals surface area contributed by atoms with Crippen molar-refractivity contribution in [2.24, 2.45) is 7.05 Å². The van der Waals surface area contributed by atoms with Gasteiger partial charge in [-0.1, -0.05) is 0 Å². The number of hydrogen-bond donors (Lipinski definition) is 0. The van der Waals surface area contributed by atoms with Gasteiger partial charge in [0.05, 0.1) is 25.0 Å². The lowest BCUT2D eigenvalue weighted by atomic mass is 10.2. The molecule has 21 heavy (non-hydrogen) atoms. The van der Waals surface area contributed by atoms with Crippen LogP contribution in [0.25, 0.3) is 0 Å². The first-order valence-corrected chi connectivity index (χ1v) is 6.93. The maximum absolute atomic E-state index is 11.9. The standard InChI is InChI=1S/C15H21N3O3/c1-5-20-15(19)13-8-16-18(4)14(13)10-17(3)9-12-7-6-11(2)21-12/h6-8H,5,9-10H2,1-4H3. The molecule has 2 rings (SSSR count). The number of nitrogens with zero attached hydrogens (tertiary/aromatic N) is 3. The summed E-state index contributed by atoms with van der Waals surface area (Å²) in [4.78, 5) is 14.0. The zero-order valence-corrected chi connectivity index (χ0v) is 12.9. The first-order valence-electron chi connectivity index (χ1n) is 6.93. The summed E-state index contributed by atoms with van der Waals surface area (Å²) >= 11 is 0. The van der Waals surface area contributed by atoms with Crippen LogP contribution in [0.1, 0.15) is 34.5 Å². The van der Waals surface area contributed by atoms with E-state index in [1.54, 1.807) is 17.8 Å². The van der Waals surface area contributed by atoms with Crippen LogP contribution < -0.4 is 0 Å². The van der Waals surface area contributed by atoms with E-state index in [2.05, 4.69) is 10.00 Å². The van der Waals surface area contributed by atoms with Crippen LogP contribution in [0.2, 0.25) is 0 Å². The Morgan fingerprint density at radius 3 is 2.81 bits per heavy atom. The quantitative estimate of drug-likeness (QED) is 0.763. The van der Waals surface area contributed by atoms with E-state index in [4.69, 9.17) is 9.15 Å². The third-order valence-electron chi connectivity index (χ3n) is 3.20. The van der Waals surface area contributed by atoms with E-state index >= 15 is 0 Å². The van der Waals surface area contributed by atoms with Gasteiger partial charge >= 0.3 is 5.97 Å². The monoisotopic (exact) mass is 291 g/mol. The number of aromatic nitrogens is 2. The summed E-state index contributed by atoms with van der Waals surface area (Å²) in [6, 6.07) is 3.90. The van der Waals surface area contributed by atoms with E-state index in [0.717, 1.165) is 17.2 Å². The molecule has 114 valence electrons. The van der Waals surface area contributed by atoms with Gasteiger partial charge in [0.15, 0.2) is 0 Å². The fourth-order valence-electron chi connectivity index (χ4n) is 2.18. The summed E-state index contributed by atoms with van der Waals surface area (Å²) in [5.41, 5.74) is 1.35. The highest BCUT2D eigenvalue weighted by atomic mass is 16.5. The van der Waals surface area contributed by atoms with Gasteiger partial charge in [-0.2, -0.15) is 5.10 Å². The minimum Gasteiger partial charge on any atom is -0.465 e. The summed E-state index contributed by atoms with van der Waals surface area (Å²) in [6.45, 7) is 5.32. The fourth-order valence-corrected chi connectivity index (χ4v) is 2.18. The molecule has 0 radical (unpaired) electrons. The van der Waals surface area contributed by atoms with E-state index in [1.807, 2.05) is 33.2 Å². The second-order valence-electron chi connectivity index (χ2n) is 5.03. The highest BCUT2D eigenvalue weighted by Gasteiger charge is 2.18. The molecule has 0 aliphatic heterocycles. The molecule has 0 aliphatic carbocycles. The summed E-state index contributed by atoms with van der Waals surface area (Å²) < 4.78 is 12.3. The Labute approximate surface area is 124 Å². The van der Waals surface area contributed by atoms with Crippen molar-refractivity contribution in [2.45, 2.75) is 26.9 Å². The number of carbonyl (C=O) groups is 1. The van der Waals surface area contributed by atoms with Gasteiger partial charge < -0.3 is 9.15 Å². The van der Waals surface area contributed by atoms with Gasteiger partial charge in [-0.25, -0.2) is 4.79 Å². The Bertz CT molecular complexity index is 615. The van der Waals surface area contributed by atoms with Crippen molar-refractivity contribution in [2.75, 3.05) is 13.7 Å². The third-order valence-corrected chi connectivity index (χ3v) is 3.20. The van der Waals surface area contributed by atoms with Crippen LogP contribution in [0, 0.1) is 6.92 Å². The van der Waals surface area contributed by atoms with Crippen molar-refractivity contribution in [3.63, 3.8) is 0 Å². The van der Waals surface area contributed by atoms with Gasteiger partial charge in [0.2, 0.25) is 0 Å². The van der Waals surface area contributed by atoms with Crippen LogP contribution in [0.15, 0.2) is 22.7 Å². The van der Waals surface area contributed by atoms with Crippen molar-refractivity contribution in [3.8, 4) is 0 Å². The molecule has 2 aromatic heterocycles. The van der Waals surface area contributed by atoms with Crippen LogP contribution in [0.3, 0.4) is 0 Å². The molecule has 0 bridgehead atoms. The first-order chi connectivity index (χ1) is 10.0. The normalized spacial score (nSPS) is 11.1. The summed E-state index contributed by atoms with van der Waals surface area (Å²) in [5.74, 6) is 1.46. The molecule has 0 amide bonds. The molecule has 0 atom stereocenters. The van der Waals surface area contributed by atoms with Crippen molar-refractivity contribution < 1.29 is 13.9 Å². The molecular formula is C15H21N3O3. The van der Waals surface area contributed by atoms with Crippen LogP contribution >= 0.6 is 0 Å². The van der Waals surface area contributed by atoms with Crippen LogP contribution in [0.4, 0.5) is 0 Å². The molecule has 0 fully saturated rings.